The molecule has 3 unspecified atom stereocenters. The van der Waals surface area contributed by atoms with Crippen molar-refractivity contribution in [3.05, 3.63) is 29.3 Å². The van der Waals surface area contributed by atoms with Gasteiger partial charge in [0.2, 0.25) is 0 Å². The van der Waals surface area contributed by atoms with E-state index in [1.165, 1.54) is 31.7 Å². The summed E-state index contributed by atoms with van der Waals surface area (Å²) in [6.45, 7) is 0. The molecule has 2 N–H and O–H groups in total. The first kappa shape index (κ1) is 12.8. The molecular formula is C16H17FN2O2. The molecule has 4 nitrogen and oxygen atoms in total. The third-order valence-electron chi connectivity index (χ3n) is 5.17. The number of nitrogens with one attached hydrogen (secondary N) is 1. The summed E-state index contributed by atoms with van der Waals surface area (Å²) in [6.07, 6.45) is 6.10. The van der Waals surface area contributed by atoms with Crippen molar-refractivity contribution in [2.24, 2.45) is 17.8 Å². The molecule has 1 aromatic carbocycles. The number of hydrogen-bond acceptors (Lipinski definition) is 2. The van der Waals surface area contributed by atoms with Gasteiger partial charge in [-0.1, -0.05) is 6.42 Å². The molecule has 2 aliphatic rings. The molecule has 1 aromatic heterocycles. The van der Waals surface area contributed by atoms with Crippen molar-refractivity contribution in [3.8, 4) is 0 Å². The zero-order valence-electron chi connectivity index (χ0n) is 11.6. The molecular weight excluding hydrogens is 271 g/mol. The fraction of sp³-hybridized carbons (Fsp3) is 0.500. The van der Waals surface area contributed by atoms with Gasteiger partial charge in [-0.3, -0.25) is 0 Å². The highest BCUT2D eigenvalue weighted by Gasteiger charge is 2.39. The highest BCUT2D eigenvalue weighted by molar-refractivity contribution is 6.00. The fourth-order valence-corrected chi connectivity index (χ4v) is 4.27. The number of aromatic nitrogens is 2. The lowest BCUT2D eigenvalue weighted by Gasteiger charge is -2.20. The lowest BCUT2D eigenvalue weighted by Crippen LogP contribution is -2.13. The molecule has 5 heteroatoms. The van der Waals surface area contributed by atoms with Gasteiger partial charge < -0.3 is 10.1 Å². The van der Waals surface area contributed by atoms with E-state index in [0.717, 1.165) is 30.1 Å². The summed E-state index contributed by atoms with van der Waals surface area (Å²) in [4.78, 5) is 18.7. The van der Waals surface area contributed by atoms with E-state index >= 15 is 0 Å². The minimum Gasteiger partial charge on any atom is -0.478 e. The maximum Gasteiger partial charge on any atom is 0.338 e. The number of carbonyl (C=O) groups is 1. The largest absolute Gasteiger partial charge is 0.478 e. The molecule has 0 amide bonds. The van der Waals surface area contributed by atoms with Gasteiger partial charge in [0.05, 0.1) is 11.1 Å². The van der Waals surface area contributed by atoms with Crippen LogP contribution in [0.2, 0.25) is 0 Å². The van der Waals surface area contributed by atoms with Crippen molar-refractivity contribution in [1.82, 2.24) is 9.97 Å². The highest BCUT2D eigenvalue weighted by Crippen LogP contribution is 2.49. The number of imidazole rings is 1. The molecule has 1 heterocycles. The van der Waals surface area contributed by atoms with Crippen LogP contribution in [-0.2, 0) is 6.42 Å². The van der Waals surface area contributed by atoms with E-state index in [-0.39, 0.29) is 5.56 Å². The van der Waals surface area contributed by atoms with Crippen LogP contribution in [-0.4, -0.2) is 21.0 Å². The van der Waals surface area contributed by atoms with Gasteiger partial charge in [-0.05, 0) is 49.1 Å². The van der Waals surface area contributed by atoms with E-state index in [2.05, 4.69) is 9.97 Å². The second-order valence-electron chi connectivity index (χ2n) is 6.48. The van der Waals surface area contributed by atoms with Gasteiger partial charge in [-0.2, -0.15) is 0 Å². The molecule has 4 rings (SSSR count). The number of carboxylic acid groups (broad SMARTS) is 1. The number of fused-ring (bicyclic) bond motifs is 3. The van der Waals surface area contributed by atoms with Crippen molar-refractivity contribution in [2.45, 2.75) is 32.1 Å². The van der Waals surface area contributed by atoms with Crippen molar-refractivity contribution in [1.29, 1.82) is 0 Å². The van der Waals surface area contributed by atoms with Gasteiger partial charge >= 0.3 is 5.97 Å². The van der Waals surface area contributed by atoms with Crippen LogP contribution in [0.3, 0.4) is 0 Å². The van der Waals surface area contributed by atoms with E-state index < -0.39 is 11.8 Å². The molecule has 2 bridgehead atoms. The van der Waals surface area contributed by atoms with Gasteiger partial charge in [0.25, 0.3) is 0 Å². The summed E-state index contributed by atoms with van der Waals surface area (Å²) in [5.41, 5.74) is 0.771. The predicted molar refractivity (Wildman–Crippen MR) is 75.7 cm³/mol. The summed E-state index contributed by atoms with van der Waals surface area (Å²) in [7, 11) is 0. The molecule has 2 saturated carbocycles. The zero-order valence-corrected chi connectivity index (χ0v) is 11.6. The number of benzene rings is 1. The van der Waals surface area contributed by atoms with Crippen LogP contribution < -0.4 is 0 Å². The normalized spacial score (nSPS) is 27.6. The van der Waals surface area contributed by atoms with Gasteiger partial charge in [-0.15, -0.1) is 0 Å². The average molecular weight is 288 g/mol. The molecule has 0 radical (unpaired) electrons. The summed E-state index contributed by atoms with van der Waals surface area (Å²) in [5, 5.41) is 9.17. The van der Waals surface area contributed by atoms with Crippen LogP contribution in [0.4, 0.5) is 4.39 Å². The lowest BCUT2D eigenvalue weighted by molar-refractivity contribution is 0.0698. The maximum atomic E-state index is 13.5. The second-order valence-corrected chi connectivity index (χ2v) is 6.48. The minimum atomic E-state index is -1.14. The van der Waals surface area contributed by atoms with Crippen LogP contribution in [0.15, 0.2) is 12.1 Å². The smallest absolute Gasteiger partial charge is 0.338 e. The van der Waals surface area contributed by atoms with Crippen molar-refractivity contribution < 1.29 is 14.3 Å². The molecule has 2 aliphatic carbocycles. The van der Waals surface area contributed by atoms with E-state index in [9.17, 15) is 9.18 Å². The van der Waals surface area contributed by atoms with Crippen LogP contribution in [0.25, 0.3) is 11.0 Å². The number of carboxylic acids is 1. The highest BCUT2D eigenvalue weighted by atomic mass is 19.1. The molecule has 2 aromatic rings. The average Bonchev–Trinajstić information content (AvgIpc) is 3.11. The van der Waals surface area contributed by atoms with Gasteiger partial charge in [0.15, 0.2) is 0 Å². The Morgan fingerprint density at radius 2 is 2.24 bits per heavy atom. The number of rotatable bonds is 3. The molecule has 0 aliphatic heterocycles. The number of halogens is 1. The summed E-state index contributed by atoms with van der Waals surface area (Å²) >= 11 is 0. The van der Waals surface area contributed by atoms with Crippen LogP contribution >= 0.6 is 0 Å². The Labute approximate surface area is 121 Å². The summed E-state index contributed by atoms with van der Waals surface area (Å²) in [5.74, 6) is 1.40. The lowest BCUT2D eigenvalue weighted by atomic mass is 9.86. The number of aromatic amines is 1. The van der Waals surface area contributed by atoms with E-state index in [0.29, 0.717) is 17.0 Å². The molecule has 21 heavy (non-hydrogen) atoms. The Morgan fingerprint density at radius 3 is 2.90 bits per heavy atom. The summed E-state index contributed by atoms with van der Waals surface area (Å²) < 4.78 is 13.5. The third kappa shape index (κ3) is 2.11. The van der Waals surface area contributed by atoms with Crippen molar-refractivity contribution >= 4 is 17.0 Å². The Balaban J connectivity index is 1.67. The molecule has 2 fully saturated rings. The first-order chi connectivity index (χ1) is 10.1. The fourth-order valence-electron chi connectivity index (χ4n) is 4.27. The first-order valence-corrected chi connectivity index (χ1v) is 7.51. The van der Waals surface area contributed by atoms with E-state index in [4.69, 9.17) is 5.11 Å². The third-order valence-corrected chi connectivity index (χ3v) is 5.17. The standard InChI is InChI=1S/C16H17FN2O2/c17-11-6-12(16(20)21)15-13(7-11)18-14(19-15)5-10-4-8-1-2-9(10)3-8/h6-10H,1-5H2,(H,18,19)(H,20,21). The molecule has 3 atom stereocenters. The van der Waals surface area contributed by atoms with Gasteiger partial charge in [-0.25, -0.2) is 14.2 Å². The van der Waals surface area contributed by atoms with Gasteiger partial charge in [0, 0.05) is 6.42 Å². The van der Waals surface area contributed by atoms with Crippen molar-refractivity contribution in [2.75, 3.05) is 0 Å². The molecule has 110 valence electrons. The molecule has 0 spiro atoms. The SMILES string of the molecule is O=C(O)c1cc(F)cc2[nH]c(CC3CC4CCC3C4)nc12. The van der Waals surface area contributed by atoms with Gasteiger partial charge in [0.1, 0.15) is 17.2 Å². The number of H-pyrrole nitrogens is 1. The minimum absolute atomic E-state index is 0.0690. The van der Waals surface area contributed by atoms with Crippen LogP contribution in [0.5, 0.6) is 0 Å². The Bertz CT molecular complexity index is 724. The Kier molecular flexibility index (Phi) is 2.77. The molecule has 0 saturated heterocycles. The Hall–Kier alpha value is -1.91. The Morgan fingerprint density at radius 1 is 1.38 bits per heavy atom. The van der Waals surface area contributed by atoms with Crippen LogP contribution in [0, 0.1) is 23.6 Å². The number of aromatic carboxylic acids is 1. The summed E-state index contributed by atoms with van der Waals surface area (Å²) in [6, 6.07) is 2.35. The first-order valence-electron chi connectivity index (χ1n) is 7.51. The van der Waals surface area contributed by atoms with E-state index in [1.54, 1.807) is 0 Å². The topological polar surface area (TPSA) is 66.0 Å². The number of nitrogens with zero attached hydrogens (tertiary/aromatic N) is 1. The number of hydrogen-bond donors (Lipinski definition) is 2. The second kappa shape index (κ2) is 4.55. The zero-order chi connectivity index (χ0) is 14.6. The maximum absolute atomic E-state index is 13.5. The predicted octanol–water partition coefficient (Wildman–Crippen LogP) is 3.38. The quantitative estimate of drug-likeness (QED) is 0.910. The van der Waals surface area contributed by atoms with Crippen molar-refractivity contribution in [3.63, 3.8) is 0 Å². The monoisotopic (exact) mass is 288 g/mol. The van der Waals surface area contributed by atoms with E-state index in [1.807, 2.05) is 0 Å². The van der Waals surface area contributed by atoms with Crippen LogP contribution in [0.1, 0.15) is 41.9 Å².